The van der Waals surface area contributed by atoms with Crippen molar-refractivity contribution in [3.63, 3.8) is 0 Å². The molecule has 3 aromatic carbocycles. The Morgan fingerprint density at radius 2 is 1.70 bits per heavy atom. The maximum absolute atomic E-state index is 13.6. The monoisotopic (exact) mass is 527 g/mol. The normalized spacial score (nSPS) is 16.2. The fourth-order valence-corrected chi connectivity index (χ4v) is 5.09. The third-order valence-corrected chi connectivity index (χ3v) is 7.79. The second-order valence-corrected chi connectivity index (χ2v) is 10.9. The number of nitrogens with zero attached hydrogens (tertiary/aromatic N) is 2. The highest BCUT2D eigenvalue weighted by Gasteiger charge is 2.34. The topological polar surface area (TPSA) is 86.8 Å². The molecule has 0 saturated carbocycles. The lowest BCUT2D eigenvalue weighted by molar-refractivity contribution is -0.117. The number of benzene rings is 3. The van der Waals surface area contributed by atoms with E-state index in [0.717, 1.165) is 19.9 Å². The molecule has 1 unspecified atom stereocenters. The molecule has 1 aliphatic rings. The number of carbonyl (C=O) groups is 2. The molecule has 0 fully saturated rings. The first-order valence-corrected chi connectivity index (χ1v) is 12.4. The molecule has 1 heterocycles. The number of halogens is 1. The van der Waals surface area contributed by atoms with E-state index >= 15 is 0 Å². The molecular weight excluding hydrogens is 506 g/mol. The second-order valence-electron chi connectivity index (χ2n) is 7.84. The van der Waals surface area contributed by atoms with E-state index < -0.39 is 16.1 Å². The fourth-order valence-electron chi connectivity index (χ4n) is 3.81. The van der Waals surface area contributed by atoms with Gasteiger partial charge in [0.1, 0.15) is 6.54 Å². The highest BCUT2D eigenvalue weighted by atomic mass is 79.9. The van der Waals surface area contributed by atoms with E-state index in [1.54, 1.807) is 0 Å². The summed E-state index contributed by atoms with van der Waals surface area (Å²) in [7, 11) is -0.721. The van der Waals surface area contributed by atoms with Gasteiger partial charge in [-0.15, -0.1) is 0 Å². The maximum atomic E-state index is 13.6. The van der Waals surface area contributed by atoms with Crippen molar-refractivity contribution in [1.29, 1.82) is 0 Å². The van der Waals surface area contributed by atoms with Crippen molar-refractivity contribution < 1.29 is 18.0 Å². The van der Waals surface area contributed by atoms with Gasteiger partial charge in [0.25, 0.3) is 5.91 Å². The number of sulfonamides is 1. The number of amides is 2. The largest absolute Gasteiger partial charge is 0.324 e. The van der Waals surface area contributed by atoms with Crippen molar-refractivity contribution in [1.82, 2.24) is 9.21 Å². The van der Waals surface area contributed by atoms with Crippen molar-refractivity contribution in [2.45, 2.75) is 10.9 Å². The number of carbonyl (C=O) groups excluding carboxylic acids is 2. The Labute approximate surface area is 201 Å². The molecule has 1 atom stereocenters. The first-order chi connectivity index (χ1) is 15.7. The van der Waals surface area contributed by atoms with E-state index in [1.165, 1.54) is 43.3 Å². The molecule has 0 saturated heterocycles. The molecule has 0 aliphatic carbocycles. The predicted octanol–water partition coefficient (Wildman–Crippen LogP) is 3.88. The Hall–Kier alpha value is -3.01. The lowest BCUT2D eigenvalue weighted by Crippen LogP contribution is -2.39. The van der Waals surface area contributed by atoms with Crippen LogP contribution < -0.4 is 5.32 Å². The number of rotatable bonds is 4. The summed E-state index contributed by atoms with van der Waals surface area (Å²) in [6.07, 6.45) is 0. The number of fused-ring (bicyclic) bond motifs is 1. The number of anilines is 1. The van der Waals surface area contributed by atoms with Gasteiger partial charge in [0, 0.05) is 35.4 Å². The number of hydrogen-bond donors (Lipinski definition) is 1. The Balaban J connectivity index is 1.80. The quantitative estimate of drug-likeness (QED) is 0.557. The lowest BCUT2D eigenvalue weighted by atomic mass is 9.95. The molecule has 0 aromatic heterocycles. The van der Waals surface area contributed by atoms with Crippen LogP contribution in [0.4, 0.5) is 5.69 Å². The van der Waals surface area contributed by atoms with Gasteiger partial charge in [0.05, 0.1) is 10.9 Å². The molecule has 0 bridgehead atoms. The van der Waals surface area contributed by atoms with Crippen LogP contribution in [0.3, 0.4) is 0 Å². The van der Waals surface area contributed by atoms with Crippen LogP contribution in [0.15, 0.2) is 82.2 Å². The van der Waals surface area contributed by atoms with Crippen LogP contribution in [0.2, 0.25) is 0 Å². The first-order valence-electron chi connectivity index (χ1n) is 10.2. The van der Waals surface area contributed by atoms with Gasteiger partial charge in [-0.2, -0.15) is 0 Å². The van der Waals surface area contributed by atoms with Crippen molar-refractivity contribution in [3.05, 3.63) is 94.0 Å². The molecule has 1 aliphatic heterocycles. The Bertz CT molecular complexity index is 1310. The van der Waals surface area contributed by atoms with Crippen LogP contribution in [-0.2, 0) is 14.8 Å². The lowest BCUT2D eigenvalue weighted by Gasteiger charge is -2.31. The molecule has 9 heteroatoms. The fraction of sp³-hybridized carbons (Fsp3) is 0.167. The number of hydrogen-bond acceptors (Lipinski definition) is 4. The molecule has 3 aromatic rings. The minimum atomic E-state index is -3.62. The first kappa shape index (κ1) is 23.2. The van der Waals surface area contributed by atoms with Gasteiger partial charge in [-0.25, -0.2) is 12.7 Å². The third-order valence-electron chi connectivity index (χ3n) is 5.46. The van der Waals surface area contributed by atoms with E-state index in [0.29, 0.717) is 11.3 Å². The van der Waals surface area contributed by atoms with Gasteiger partial charge in [-0.1, -0.05) is 46.3 Å². The van der Waals surface area contributed by atoms with Crippen LogP contribution in [0.1, 0.15) is 27.5 Å². The number of nitrogens with one attached hydrogen (secondary N) is 1. The highest BCUT2D eigenvalue weighted by Crippen LogP contribution is 2.38. The summed E-state index contributed by atoms with van der Waals surface area (Å²) >= 11 is 3.49. The predicted molar refractivity (Wildman–Crippen MR) is 129 cm³/mol. The van der Waals surface area contributed by atoms with Crippen LogP contribution in [0.25, 0.3) is 0 Å². The molecule has 33 heavy (non-hydrogen) atoms. The summed E-state index contributed by atoms with van der Waals surface area (Å²) in [5.41, 5.74) is 2.56. The SMILES string of the molecule is CN(C)S(=O)(=O)c1ccc(C(=O)N2CC(=O)Nc3ccc(Br)cc3C2c2ccccc2)cc1. The van der Waals surface area contributed by atoms with Crippen molar-refractivity contribution in [2.24, 2.45) is 0 Å². The van der Waals surface area contributed by atoms with Gasteiger partial charge in [-0.3, -0.25) is 9.59 Å². The zero-order valence-corrected chi connectivity index (χ0v) is 20.4. The third kappa shape index (κ3) is 4.57. The molecule has 1 N–H and O–H groups in total. The molecular formula is C24H22BrN3O4S. The van der Waals surface area contributed by atoms with Gasteiger partial charge >= 0.3 is 0 Å². The molecule has 7 nitrogen and oxygen atoms in total. The standard InChI is InChI=1S/C24H22BrN3O4S/c1-27(2)33(31,32)19-11-8-17(9-12-19)24(30)28-15-22(29)26-21-13-10-18(25)14-20(21)23(28)16-6-4-3-5-7-16/h3-14,23H,15H2,1-2H3,(H,26,29). The minimum absolute atomic E-state index is 0.0894. The van der Waals surface area contributed by atoms with E-state index in [4.69, 9.17) is 0 Å². The van der Waals surface area contributed by atoms with E-state index in [1.807, 2.05) is 48.5 Å². The van der Waals surface area contributed by atoms with E-state index in [2.05, 4.69) is 21.2 Å². The Morgan fingerprint density at radius 3 is 2.33 bits per heavy atom. The van der Waals surface area contributed by atoms with E-state index in [9.17, 15) is 18.0 Å². The van der Waals surface area contributed by atoms with E-state index in [-0.39, 0.29) is 23.3 Å². The average molecular weight is 528 g/mol. The Kier molecular flexibility index (Phi) is 6.38. The van der Waals surface area contributed by atoms with Crippen molar-refractivity contribution >= 4 is 43.5 Å². The van der Waals surface area contributed by atoms with Crippen molar-refractivity contribution in [3.8, 4) is 0 Å². The molecule has 0 spiro atoms. The summed E-state index contributed by atoms with van der Waals surface area (Å²) < 4.78 is 26.7. The average Bonchev–Trinajstić information content (AvgIpc) is 2.94. The maximum Gasteiger partial charge on any atom is 0.255 e. The molecule has 0 radical (unpaired) electrons. The molecule has 2 amide bonds. The Morgan fingerprint density at radius 1 is 1.03 bits per heavy atom. The summed E-state index contributed by atoms with van der Waals surface area (Å²) in [4.78, 5) is 28.0. The van der Waals surface area contributed by atoms with Crippen molar-refractivity contribution in [2.75, 3.05) is 26.0 Å². The summed E-state index contributed by atoms with van der Waals surface area (Å²) in [6, 6.07) is 20.3. The summed E-state index contributed by atoms with van der Waals surface area (Å²) in [5.74, 6) is -0.683. The second kappa shape index (κ2) is 9.09. The van der Waals surface area contributed by atoms with Crippen LogP contribution in [0, 0.1) is 0 Å². The van der Waals surface area contributed by atoms with Gasteiger partial charge in [0.2, 0.25) is 15.9 Å². The minimum Gasteiger partial charge on any atom is -0.324 e. The van der Waals surface area contributed by atoms with Crippen LogP contribution in [-0.4, -0.2) is 50.1 Å². The smallest absolute Gasteiger partial charge is 0.255 e. The van der Waals surface area contributed by atoms with Crippen LogP contribution >= 0.6 is 15.9 Å². The summed E-state index contributed by atoms with van der Waals surface area (Å²) in [5, 5.41) is 2.89. The zero-order chi connectivity index (χ0) is 23.8. The van der Waals surface area contributed by atoms with Gasteiger partial charge in [-0.05, 0) is 48.0 Å². The zero-order valence-electron chi connectivity index (χ0n) is 18.0. The van der Waals surface area contributed by atoms with Gasteiger partial charge in [0.15, 0.2) is 0 Å². The molecule has 4 rings (SSSR count). The summed E-state index contributed by atoms with van der Waals surface area (Å²) in [6.45, 7) is -0.150. The van der Waals surface area contributed by atoms with Gasteiger partial charge < -0.3 is 10.2 Å². The van der Waals surface area contributed by atoms with Crippen LogP contribution in [0.5, 0.6) is 0 Å². The molecule has 170 valence electrons. The highest BCUT2D eigenvalue weighted by molar-refractivity contribution is 9.10.